The van der Waals surface area contributed by atoms with Crippen molar-refractivity contribution in [1.29, 1.82) is 0 Å². The summed E-state index contributed by atoms with van der Waals surface area (Å²) in [4.78, 5) is 10.9. The lowest BCUT2D eigenvalue weighted by Crippen LogP contribution is -1.72. The van der Waals surface area contributed by atoms with E-state index in [-0.39, 0.29) is 0 Å². The lowest BCUT2D eigenvalue weighted by atomic mass is 10.3. The van der Waals surface area contributed by atoms with E-state index in [1.807, 2.05) is 32.2 Å². The van der Waals surface area contributed by atoms with Gasteiger partial charge in [-0.15, -0.1) is 11.3 Å². The molecule has 0 aliphatic carbocycles. The maximum absolute atomic E-state index is 10.1. The van der Waals surface area contributed by atoms with Crippen LogP contribution in [0.25, 0.3) is 0 Å². The van der Waals surface area contributed by atoms with Crippen LogP contribution >= 0.6 is 11.3 Å². The van der Waals surface area contributed by atoms with Crippen LogP contribution in [0.1, 0.15) is 29.1 Å². The predicted molar refractivity (Wildman–Crippen MR) is 45.8 cm³/mol. The molecule has 56 valence electrons. The SMILES string of the molecule is CC.Cc1ccsc1C=O. The van der Waals surface area contributed by atoms with Gasteiger partial charge in [0, 0.05) is 0 Å². The fraction of sp³-hybridized carbons (Fsp3) is 0.375. The Morgan fingerprint density at radius 2 is 2.10 bits per heavy atom. The molecule has 1 heterocycles. The van der Waals surface area contributed by atoms with Gasteiger partial charge in [-0.05, 0) is 23.9 Å². The average molecular weight is 156 g/mol. The number of rotatable bonds is 1. The molecule has 2 heteroatoms. The normalized spacial score (nSPS) is 7.90. The Balaban J connectivity index is 0.000000371. The Labute approximate surface area is 65.7 Å². The molecule has 0 aliphatic rings. The summed E-state index contributed by atoms with van der Waals surface area (Å²) in [5.74, 6) is 0. The van der Waals surface area contributed by atoms with E-state index in [1.165, 1.54) is 11.3 Å². The zero-order valence-electron chi connectivity index (χ0n) is 6.55. The summed E-state index contributed by atoms with van der Waals surface area (Å²) in [6.07, 6.45) is 0.889. The maximum atomic E-state index is 10.1. The molecule has 0 fully saturated rings. The predicted octanol–water partition coefficient (Wildman–Crippen LogP) is 2.90. The molecule has 0 saturated heterocycles. The van der Waals surface area contributed by atoms with E-state index >= 15 is 0 Å². The standard InChI is InChI=1S/C6H6OS.C2H6/c1-5-2-3-8-6(5)4-7;1-2/h2-4H,1H3;1-2H3. The Morgan fingerprint density at radius 1 is 1.50 bits per heavy atom. The Hall–Kier alpha value is -0.630. The smallest absolute Gasteiger partial charge is 0.160 e. The molecular weight excluding hydrogens is 144 g/mol. The van der Waals surface area contributed by atoms with Crippen molar-refractivity contribution in [1.82, 2.24) is 0 Å². The van der Waals surface area contributed by atoms with Gasteiger partial charge in [-0.2, -0.15) is 0 Å². The molecular formula is C8H12OS. The molecule has 1 rings (SSSR count). The van der Waals surface area contributed by atoms with E-state index in [9.17, 15) is 4.79 Å². The molecule has 0 saturated carbocycles. The molecule has 0 amide bonds. The highest BCUT2D eigenvalue weighted by Gasteiger charge is 1.93. The number of thiophene rings is 1. The molecule has 0 aliphatic heterocycles. The minimum atomic E-state index is 0.838. The second-order valence-electron chi connectivity index (χ2n) is 1.59. The highest BCUT2D eigenvalue weighted by atomic mass is 32.1. The molecule has 0 bridgehead atoms. The third-order valence-corrected chi connectivity index (χ3v) is 1.95. The highest BCUT2D eigenvalue weighted by molar-refractivity contribution is 7.11. The van der Waals surface area contributed by atoms with Gasteiger partial charge in [0.05, 0.1) is 4.88 Å². The summed E-state index contributed by atoms with van der Waals surface area (Å²) in [5, 5.41) is 1.92. The number of aryl methyl sites for hydroxylation is 1. The lowest BCUT2D eigenvalue weighted by molar-refractivity contribution is 0.112. The van der Waals surface area contributed by atoms with Crippen LogP contribution in [0.5, 0.6) is 0 Å². The van der Waals surface area contributed by atoms with E-state index in [1.54, 1.807) is 0 Å². The summed E-state index contributed by atoms with van der Waals surface area (Å²) >= 11 is 1.48. The van der Waals surface area contributed by atoms with Gasteiger partial charge in [0.15, 0.2) is 6.29 Å². The van der Waals surface area contributed by atoms with Gasteiger partial charge >= 0.3 is 0 Å². The van der Waals surface area contributed by atoms with Crippen LogP contribution in [0, 0.1) is 6.92 Å². The van der Waals surface area contributed by atoms with E-state index in [0.717, 1.165) is 16.7 Å². The molecule has 0 unspecified atom stereocenters. The Morgan fingerprint density at radius 3 is 2.30 bits per heavy atom. The average Bonchev–Trinajstić information content (AvgIpc) is 2.39. The van der Waals surface area contributed by atoms with Crippen LogP contribution in [0.15, 0.2) is 11.4 Å². The van der Waals surface area contributed by atoms with Crippen molar-refractivity contribution in [2.45, 2.75) is 20.8 Å². The van der Waals surface area contributed by atoms with E-state index in [2.05, 4.69) is 0 Å². The molecule has 1 aromatic rings. The zero-order valence-corrected chi connectivity index (χ0v) is 7.37. The molecule has 0 N–H and O–H groups in total. The van der Waals surface area contributed by atoms with Gasteiger partial charge < -0.3 is 0 Å². The van der Waals surface area contributed by atoms with Crippen molar-refractivity contribution in [3.05, 3.63) is 21.9 Å². The number of carbonyl (C=O) groups excluding carboxylic acids is 1. The fourth-order valence-electron chi connectivity index (χ4n) is 0.505. The summed E-state index contributed by atoms with van der Waals surface area (Å²) in [7, 11) is 0. The molecule has 0 spiro atoms. The minimum Gasteiger partial charge on any atom is -0.297 e. The first kappa shape index (κ1) is 9.37. The van der Waals surface area contributed by atoms with Crippen LogP contribution < -0.4 is 0 Å². The third-order valence-electron chi connectivity index (χ3n) is 1.01. The number of aldehydes is 1. The van der Waals surface area contributed by atoms with Crippen molar-refractivity contribution in [2.24, 2.45) is 0 Å². The van der Waals surface area contributed by atoms with Crippen LogP contribution in [0.3, 0.4) is 0 Å². The van der Waals surface area contributed by atoms with Gasteiger partial charge in [-0.1, -0.05) is 13.8 Å². The molecule has 0 radical (unpaired) electrons. The highest BCUT2D eigenvalue weighted by Crippen LogP contribution is 2.11. The van der Waals surface area contributed by atoms with Gasteiger partial charge in [0.1, 0.15) is 0 Å². The molecule has 1 nitrogen and oxygen atoms in total. The topological polar surface area (TPSA) is 17.1 Å². The van der Waals surface area contributed by atoms with Crippen LogP contribution in [-0.2, 0) is 0 Å². The van der Waals surface area contributed by atoms with Crippen molar-refractivity contribution < 1.29 is 4.79 Å². The first-order valence-electron chi connectivity index (χ1n) is 3.34. The number of hydrogen-bond donors (Lipinski definition) is 0. The quantitative estimate of drug-likeness (QED) is 0.571. The zero-order chi connectivity index (χ0) is 7.98. The Kier molecular flexibility index (Phi) is 4.85. The van der Waals surface area contributed by atoms with Crippen molar-refractivity contribution in [3.8, 4) is 0 Å². The Bertz CT molecular complexity index is 191. The second kappa shape index (κ2) is 5.18. The van der Waals surface area contributed by atoms with E-state index in [0.29, 0.717) is 0 Å². The summed E-state index contributed by atoms with van der Waals surface area (Å²) < 4.78 is 0. The summed E-state index contributed by atoms with van der Waals surface area (Å²) in [5.41, 5.74) is 1.07. The second-order valence-corrected chi connectivity index (χ2v) is 2.53. The van der Waals surface area contributed by atoms with Crippen LogP contribution in [-0.4, -0.2) is 6.29 Å². The van der Waals surface area contributed by atoms with Crippen LogP contribution in [0.2, 0.25) is 0 Å². The minimum absolute atomic E-state index is 0.838. The fourth-order valence-corrected chi connectivity index (χ4v) is 1.23. The first-order valence-corrected chi connectivity index (χ1v) is 4.22. The van der Waals surface area contributed by atoms with Crippen LogP contribution in [0.4, 0.5) is 0 Å². The van der Waals surface area contributed by atoms with Gasteiger partial charge in [-0.3, -0.25) is 4.79 Å². The largest absolute Gasteiger partial charge is 0.297 e. The molecule has 0 aromatic carbocycles. The molecule has 0 atom stereocenters. The van der Waals surface area contributed by atoms with E-state index in [4.69, 9.17) is 0 Å². The lowest BCUT2D eigenvalue weighted by Gasteiger charge is -1.79. The van der Waals surface area contributed by atoms with Crippen molar-refractivity contribution in [2.75, 3.05) is 0 Å². The van der Waals surface area contributed by atoms with E-state index < -0.39 is 0 Å². The monoisotopic (exact) mass is 156 g/mol. The van der Waals surface area contributed by atoms with Gasteiger partial charge in [0.2, 0.25) is 0 Å². The molecule has 1 aromatic heterocycles. The maximum Gasteiger partial charge on any atom is 0.160 e. The first-order chi connectivity index (χ1) is 4.84. The number of carbonyl (C=O) groups is 1. The summed E-state index contributed by atoms with van der Waals surface area (Å²) in [6.45, 7) is 5.93. The third kappa shape index (κ3) is 2.31. The number of hydrogen-bond acceptors (Lipinski definition) is 2. The van der Waals surface area contributed by atoms with Crippen molar-refractivity contribution in [3.63, 3.8) is 0 Å². The summed E-state index contributed by atoms with van der Waals surface area (Å²) in [6, 6.07) is 1.94. The molecule has 10 heavy (non-hydrogen) atoms. The van der Waals surface area contributed by atoms with Crippen molar-refractivity contribution >= 4 is 17.6 Å². The van der Waals surface area contributed by atoms with Gasteiger partial charge in [-0.25, -0.2) is 0 Å². The van der Waals surface area contributed by atoms with Gasteiger partial charge in [0.25, 0.3) is 0 Å².